The summed E-state index contributed by atoms with van der Waals surface area (Å²) in [6.07, 6.45) is 3.84. The summed E-state index contributed by atoms with van der Waals surface area (Å²) in [4.78, 5) is 31.5. The molecule has 0 bridgehead atoms. The van der Waals surface area contributed by atoms with E-state index in [0.29, 0.717) is 5.69 Å². The molecule has 1 aromatic heterocycles. The average molecular weight is 440 g/mol. The second kappa shape index (κ2) is 8.40. The van der Waals surface area contributed by atoms with Crippen molar-refractivity contribution in [3.05, 3.63) is 90.1 Å². The van der Waals surface area contributed by atoms with E-state index in [4.69, 9.17) is 4.98 Å². The first-order chi connectivity index (χ1) is 15.6. The number of nitrogens with zero attached hydrogens (tertiary/aromatic N) is 2. The molecular weight excluding hydrogens is 418 g/mol. The number of hydrogen-bond donors (Lipinski definition) is 1. The summed E-state index contributed by atoms with van der Waals surface area (Å²) in [6, 6.07) is 23.3. The molecule has 0 radical (unpaired) electrons. The molecule has 2 amide bonds. The van der Waals surface area contributed by atoms with Crippen molar-refractivity contribution in [1.82, 2.24) is 9.88 Å². The van der Waals surface area contributed by atoms with Crippen LogP contribution in [-0.4, -0.2) is 21.7 Å². The Hall–Kier alpha value is -3.77. The summed E-state index contributed by atoms with van der Waals surface area (Å²) in [5.41, 5.74) is 4.64. The van der Waals surface area contributed by atoms with E-state index in [1.807, 2.05) is 72.8 Å². The number of thiazole rings is 1. The normalized spacial score (nSPS) is 14.9. The molecule has 32 heavy (non-hydrogen) atoms. The molecule has 0 spiro atoms. The predicted molar refractivity (Wildman–Crippen MR) is 129 cm³/mol. The van der Waals surface area contributed by atoms with Crippen LogP contribution in [0.15, 0.2) is 79.0 Å². The standard InChI is InChI=1S/C26H21N3O2S/c1-17(30)29-14-13-18-7-2-3-10-21(18)23(29)16-25(31)27-20-9-6-8-19(15-20)26-28-22-11-4-5-12-24(22)32-26/h2-15,23H,16H2,1H3,(H,27,31)/t23-/m0/s1. The van der Waals surface area contributed by atoms with Crippen molar-refractivity contribution in [3.63, 3.8) is 0 Å². The van der Waals surface area contributed by atoms with Crippen LogP contribution in [0.1, 0.15) is 30.5 Å². The molecule has 1 aliphatic heterocycles. The molecule has 158 valence electrons. The van der Waals surface area contributed by atoms with Crippen molar-refractivity contribution < 1.29 is 9.59 Å². The van der Waals surface area contributed by atoms with Crippen molar-refractivity contribution in [3.8, 4) is 10.6 Å². The van der Waals surface area contributed by atoms with Crippen molar-refractivity contribution >= 4 is 45.1 Å². The minimum atomic E-state index is -0.332. The number of amides is 2. The maximum absolute atomic E-state index is 13.0. The number of anilines is 1. The topological polar surface area (TPSA) is 62.3 Å². The first-order valence-corrected chi connectivity index (χ1v) is 11.2. The Labute approximate surface area is 190 Å². The molecule has 5 nitrogen and oxygen atoms in total. The summed E-state index contributed by atoms with van der Waals surface area (Å²) in [5.74, 6) is -0.237. The van der Waals surface area contributed by atoms with Gasteiger partial charge >= 0.3 is 0 Å². The molecule has 0 saturated heterocycles. The van der Waals surface area contributed by atoms with Gasteiger partial charge in [-0.2, -0.15) is 0 Å². The quantitative estimate of drug-likeness (QED) is 0.433. The molecule has 1 N–H and O–H groups in total. The Morgan fingerprint density at radius 2 is 1.84 bits per heavy atom. The highest BCUT2D eigenvalue weighted by molar-refractivity contribution is 7.21. The largest absolute Gasteiger partial charge is 0.326 e. The number of nitrogens with one attached hydrogen (secondary N) is 1. The monoisotopic (exact) mass is 439 g/mol. The van der Waals surface area contributed by atoms with Crippen LogP contribution < -0.4 is 5.32 Å². The maximum Gasteiger partial charge on any atom is 0.226 e. The molecule has 0 fully saturated rings. The van der Waals surface area contributed by atoms with Gasteiger partial charge in [0.2, 0.25) is 11.8 Å². The molecule has 6 heteroatoms. The van der Waals surface area contributed by atoms with Crippen molar-refractivity contribution in [2.45, 2.75) is 19.4 Å². The van der Waals surface area contributed by atoms with Gasteiger partial charge in [0, 0.05) is 24.4 Å². The van der Waals surface area contributed by atoms with Gasteiger partial charge in [-0.25, -0.2) is 4.98 Å². The van der Waals surface area contributed by atoms with Gasteiger partial charge in [0.15, 0.2) is 0 Å². The highest BCUT2D eigenvalue weighted by Gasteiger charge is 2.28. The minimum absolute atomic E-state index is 0.0913. The van der Waals surface area contributed by atoms with E-state index >= 15 is 0 Å². The number of para-hydroxylation sites is 1. The van der Waals surface area contributed by atoms with Gasteiger partial charge in [-0.1, -0.05) is 48.5 Å². The van der Waals surface area contributed by atoms with Crippen LogP contribution in [-0.2, 0) is 9.59 Å². The summed E-state index contributed by atoms with van der Waals surface area (Å²) in [6.45, 7) is 1.52. The SMILES string of the molecule is CC(=O)N1C=Cc2ccccc2[C@@H]1CC(=O)Nc1cccc(-c2nc3ccccc3s2)c1. The van der Waals surface area contributed by atoms with E-state index in [1.54, 1.807) is 22.4 Å². The first kappa shape index (κ1) is 20.2. The lowest BCUT2D eigenvalue weighted by Gasteiger charge is -2.32. The Morgan fingerprint density at radius 1 is 1.03 bits per heavy atom. The Bertz CT molecular complexity index is 1320. The highest BCUT2D eigenvalue weighted by Crippen LogP contribution is 2.34. The molecule has 4 aromatic rings. The smallest absolute Gasteiger partial charge is 0.226 e. The number of aromatic nitrogens is 1. The molecule has 0 aliphatic carbocycles. The summed E-state index contributed by atoms with van der Waals surface area (Å²) in [7, 11) is 0. The van der Waals surface area contributed by atoms with Gasteiger partial charge in [-0.3, -0.25) is 9.59 Å². The van der Waals surface area contributed by atoms with Gasteiger partial charge in [0.25, 0.3) is 0 Å². The second-order valence-corrected chi connectivity index (χ2v) is 8.74. The number of carbonyl (C=O) groups excluding carboxylic acids is 2. The van der Waals surface area contributed by atoms with Gasteiger partial charge in [0.1, 0.15) is 5.01 Å². The molecule has 5 rings (SSSR count). The zero-order chi connectivity index (χ0) is 22.1. The maximum atomic E-state index is 13.0. The average Bonchev–Trinajstić information content (AvgIpc) is 3.24. The summed E-state index contributed by atoms with van der Waals surface area (Å²) in [5, 5.41) is 3.91. The molecule has 0 unspecified atom stereocenters. The Kier molecular flexibility index (Phi) is 5.29. The summed E-state index contributed by atoms with van der Waals surface area (Å²) < 4.78 is 1.13. The third-order valence-corrected chi connectivity index (χ3v) is 6.62. The van der Waals surface area contributed by atoms with E-state index in [9.17, 15) is 9.59 Å². The Morgan fingerprint density at radius 3 is 2.69 bits per heavy atom. The van der Waals surface area contributed by atoms with Gasteiger partial charge in [0.05, 0.1) is 22.7 Å². The molecule has 2 heterocycles. The second-order valence-electron chi connectivity index (χ2n) is 7.71. The molecule has 0 saturated carbocycles. The van der Waals surface area contributed by atoms with E-state index in [2.05, 4.69) is 11.4 Å². The van der Waals surface area contributed by atoms with Crippen molar-refractivity contribution in [2.75, 3.05) is 5.32 Å². The molecule has 3 aromatic carbocycles. The van der Waals surface area contributed by atoms with Gasteiger partial charge < -0.3 is 10.2 Å². The van der Waals surface area contributed by atoms with E-state index in [0.717, 1.165) is 31.9 Å². The van der Waals surface area contributed by atoms with E-state index in [1.165, 1.54) is 6.92 Å². The van der Waals surface area contributed by atoms with Crippen LogP contribution in [0.4, 0.5) is 5.69 Å². The van der Waals surface area contributed by atoms with Gasteiger partial charge in [-0.05, 0) is 41.5 Å². The van der Waals surface area contributed by atoms with Crippen LogP contribution in [0.5, 0.6) is 0 Å². The van der Waals surface area contributed by atoms with E-state index in [-0.39, 0.29) is 24.3 Å². The van der Waals surface area contributed by atoms with E-state index < -0.39 is 0 Å². The van der Waals surface area contributed by atoms with Crippen LogP contribution >= 0.6 is 11.3 Å². The zero-order valence-electron chi connectivity index (χ0n) is 17.5. The zero-order valence-corrected chi connectivity index (χ0v) is 18.3. The third-order valence-electron chi connectivity index (χ3n) is 5.54. The highest BCUT2D eigenvalue weighted by atomic mass is 32.1. The van der Waals surface area contributed by atoms with Gasteiger partial charge in [-0.15, -0.1) is 11.3 Å². The van der Waals surface area contributed by atoms with Crippen LogP contribution in [0.3, 0.4) is 0 Å². The number of benzene rings is 3. The third kappa shape index (κ3) is 3.92. The predicted octanol–water partition coefficient (Wildman–Crippen LogP) is 5.87. The van der Waals surface area contributed by atoms with Crippen molar-refractivity contribution in [2.24, 2.45) is 0 Å². The van der Waals surface area contributed by atoms with Crippen LogP contribution in [0, 0.1) is 0 Å². The first-order valence-electron chi connectivity index (χ1n) is 10.4. The van der Waals surface area contributed by atoms with Crippen molar-refractivity contribution in [1.29, 1.82) is 0 Å². The molecular formula is C26H21N3O2S. The fourth-order valence-electron chi connectivity index (χ4n) is 4.03. The summed E-state index contributed by atoms with van der Waals surface area (Å²) >= 11 is 1.63. The lowest BCUT2D eigenvalue weighted by atomic mass is 9.93. The molecule has 1 aliphatic rings. The minimum Gasteiger partial charge on any atom is -0.326 e. The lowest BCUT2D eigenvalue weighted by molar-refractivity contribution is -0.129. The molecule has 1 atom stereocenters. The number of hydrogen-bond acceptors (Lipinski definition) is 4. The fraction of sp³-hybridized carbons (Fsp3) is 0.115. The number of rotatable bonds is 4. The van der Waals surface area contributed by atoms with Crippen LogP contribution in [0.2, 0.25) is 0 Å². The van der Waals surface area contributed by atoms with Crippen LogP contribution in [0.25, 0.3) is 26.9 Å². The lowest BCUT2D eigenvalue weighted by Crippen LogP contribution is -2.33. The fourth-order valence-corrected chi connectivity index (χ4v) is 4.99. The number of fused-ring (bicyclic) bond motifs is 2. The Balaban J connectivity index is 1.36. The number of carbonyl (C=O) groups is 2.